The first kappa shape index (κ1) is 14.5. The van der Waals surface area contributed by atoms with E-state index in [-0.39, 0.29) is 17.8 Å². The minimum Gasteiger partial charge on any atom is -0.405 e. The van der Waals surface area contributed by atoms with Crippen LogP contribution in [0.4, 0.5) is 13.2 Å². The molecule has 0 atom stereocenters. The van der Waals surface area contributed by atoms with Crippen molar-refractivity contribution in [3.05, 3.63) is 28.8 Å². The average Bonchev–Trinajstić information content (AvgIpc) is 2.31. The molecule has 0 aromatic heterocycles. The van der Waals surface area contributed by atoms with E-state index in [1.165, 1.54) is 18.2 Å². The van der Waals surface area contributed by atoms with Gasteiger partial charge in [-0.3, -0.25) is 0 Å². The van der Waals surface area contributed by atoms with Gasteiger partial charge in [-0.1, -0.05) is 11.6 Å². The van der Waals surface area contributed by atoms with Crippen molar-refractivity contribution >= 4 is 11.6 Å². The van der Waals surface area contributed by atoms with Crippen LogP contribution in [0, 0.1) is 0 Å². The van der Waals surface area contributed by atoms with Crippen molar-refractivity contribution in [2.45, 2.75) is 44.1 Å². The first-order valence-electron chi connectivity index (χ1n) is 6.08. The van der Waals surface area contributed by atoms with E-state index in [0.29, 0.717) is 36.3 Å². The van der Waals surface area contributed by atoms with E-state index in [4.69, 9.17) is 11.6 Å². The molecule has 1 saturated carbocycles. The Labute approximate surface area is 114 Å². The fraction of sp³-hybridized carbons (Fsp3) is 0.538. The topological polar surface area (TPSA) is 29.5 Å². The van der Waals surface area contributed by atoms with Gasteiger partial charge < -0.3 is 9.84 Å². The molecule has 106 valence electrons. The monoisotopic (exact) mass is 294 g/mol. The average molecular weight is 295 g/mol. The van der Waals surface area contributed by atoms with E-state index < -0.39 is 6.36 Å². The third-order valence-corrected chi connectivity index (χ3v) is 3.57. The number of ether oxygens (including phenoxy) is 1. The lowest BCUT2D eigenvalue weighted by atomic mass is 9.82. The van der Waals surface area contributed by atoms with Crippen molar-refractivity contribution in [3.8, 4) is 5.75 Å². The van der Waals surface area contributed by atoms with E-state index in [2.05, 4.69) is 4.74 Å². The molecule has 1 aliphatic rings. The fourth-order valence-corrected chi connectivity index (χ4v) is 2.62. The van der Waals surface area contributed by atoms with Crippen LogP contribution in [0.15, 0.2) is 18.2 Å². The second-order valence-electron chi connectivity index (χ2n) is 4.74. The van der Waals surface area contributed by atoms with Crippen LogP contribution < -0.4 is 4.74 Å². The number of benzene rings is 1. The van der Waals surface area contributed by atoms with E-state index in [0.717, 1.165) is 0 Å². The van der Waals surface area contributed by atoms with Crippen molar-refractivity contribution in [2.75, 3.05) is 0 Å². The molecule has 2 rings (SSSR count). The summed E-state index contributed by atoms with van der Waals surface area (Å²) in [5, 5.41) is 9.83. The zero-order valence-corrected chi connectivity index (χ0v) is 10.8. The summed E-state index contributed by atoms with van der Waals surface area (Å²) in [6, 6.07) is 4.14. The summed E-state index contributed by atoms with van der Waals surface area (Å²) >= 11 is 5.85. The van der Waals surface area contributed by atoms with Crippen LogP contribution in [0.2, 0.25) is 5.02 Å². The summed E-state index contributed by atoms with van der Waals surface area (Å²) in [5.41, 5.74) is 0.469. The zero-order valence-electron chi connectivity index (χ0n) is 10.1. The van der Waals surface area contributed by atoms with E-state index in [9.17, 15) is 18.3 Å². The van der Waals surface area contributed by atoms with Gasteiger partial charge in [0.05, 0.1) is 6.10 Å². The van der Waals surface area contributed by atoms with Crippen LogP contribution in [-0.4, -0.2) is 17.6 Å². The molecule has 6 heteroatoms. The molecule has 0 saturated heterocycles. The lowest BCUT2D eigenvalue weighted by molar-refractivity contribution is -0.275. The van der Waals surface area contributed by atoms with E-state index >= 15 is 0 Å². The largest absolute Gasteiger partial charge is 0.573 e. The summed E-state index contributed by atoms with van der Waals surface area (Å²) in [6.45, 7) is 0. The maximum atomic E-state index is 12.4. The van der Waals surface area contributed by atoms with Gasteiger partial charge in [0.15, 0.2) is 0 Å². The van der Waals surface area contributed by atoms with Crippen molar-refractivity contribution in [1.82, 2.24) is 0 Å². The maximum absolute atomic E-state index is 12.4. The molecule has 0 amide bonds. The molecule has 1 aromatic rings. The standard InChI is InChI=1S/C13H14ClF3O2/c14-9-3-6-12(19-13(15,16)17)11(7-9)8-1-4-10(18)5-2-8/h3,6-8,10,18H,1-2,4-5H2. The van der Waals surface area contributed by atoms with Crippen LogP contribution in [-0.2, 0) is 0 Å². The Morgan fingerprint density at radius 1 is 1.16 bits per heavy atom. The molecule has 0 unspecified atom stereocenters. The molecule has 2 nitrogen and oxygen atoms in total. The van der Waals surface area contributed by atoms with Gasteiger partial charge in [0.2, 0.25) is 0 Å². The quantitative estimate of drug-likeness (QED) is 0.883. The molecule has 1 fully saturated rings. The summed E-state index contributed by atoms with van der Waals surface area (Å²) in [5.74, 6) is -0.252. The van der Waals surface area contributed by atoms with Crippen LogP contribution in [0.3, 0.4) is 0 Å². The zero-order chi connectivity index (χ0) is 14.0. The molecule has 0 spiro atoms. The Bertz CT molecular complexity index is 440. The minimum atomic E-state index is -4.71. The highest BCUT2D eigenvalue weighted by Gasteiger charge is 2.33. The van der Waals surface area contributed by atoms with Gasteiger partial charge >= 0.3 is 6.36 Å². The summed E-state index contributed by atoms with van der Waals surface area (Å²) in [4.78, 5) is 0. The molecule has 1 aromatic carbocycles. The van der Waals surface area contributed by atoms with Gasteiger partial charge in [-0.25, -0.2) is 0 Å². The first-order chi connectivity index (χ1) is 8.85. The Morgan fingerprint density at radius 2 is 1.79 bits per heavy atom. The molecule has 0 aliphatic heterocycles. The Morgan fingerprint density at radius 3 is 2.37 bits per heavy atom. The molecular formula is C13H14ClF3O2. The Balaban J connectivity index is 2.24. The highest BCUT2D eigenvalue weighted by atomic mass is 35.5. The van der Waals surface area contributed by atoms with Crippen LogP contribution >= 0.6 is 11.6 Å². The lowest BCUT2D eigenvalue weighted by Gasteiger charge is -2.27. The van der Waals surface area contributed by atoms with E-state index in [1.54, 1.807) is 0 Å². The van der Waals surface area contributed by atoms with Gasteiger partial charge in [0.25, 0.3) is 0 Å². The number of hydrogen-bond donors (Lipinski definition) is 1. The van der Waals surface area contributed by atoms with Gasteiger partial charge in [0, 0.05) is 5.02 Å². The Kier molecular flexibility index (Phi) is 4.26. The predicted octanol–water partition coefficient (Wildman–Crippen LogP) is 4.26. The molecule has 0 heterocycles. The van der Waals surface area contributed by atoms with Crippen LogP contribution in [0.5, 0.6) is 5.75 Å². The summed E-state index contributed by atoms with van der Waals surface area (Å²) in [7, 11) is 0. The number of aliphatic hydroxyl groups excluding tert-OH is 1. The lowest BCUT2D eigenvalue weighted by Crippen LogP contribution is -2.21. The second kappa shape index (κ2) is 5.59. The molecule has 1 aliphatic carbocycles. The maximum Gasteiger partial charge on any atom is 0.573 e. The smallest absolute Gasteiger partial charge is 0.405 e. The number of aliphatic hydroxyl groups is 1. The van der Waals surface area contributed by atoms with Crippen molar-refractivity contribution in [1.29, 1.82) is 0 Å². The SMILES string of the molecule is OC1CCC(c2cc(Cl)ccc2OC(F)(F)F)CC1. The normalized spacial score (nSPS) is 24.3. The predicted molar refractivity (Wildman–Crippen MR) is 65.4 cm³/mol. The summed E-state index contributed by atoms with van der Waals surface area (Å²) in [6.07, 6.45) is -2.63. The fourth-order valence-electron chi connectivity index (χ4n) is 2.44. The Hall–Kier alpha value is -0.940. The highest BCUT2D eigenvalue weighted by molar-refractivity contribution is 6.30. The minimum absolute atomic E-state index is 0.0561. The molecule has 0 radical (unpaired) electrons. The number of hydrogen-bond acceptors (Lipinski definition) is 2. The second-order valence-corrected chi connectivity index (χ2v) is 5.17. The van der Waals surface area contributed by atoms with Crippen molar-refractivity contribution in [2.24, 2.45) is 0 Å². The van der Waals surface area contributed by atoms with Crippen LogP contribution in [0.25, 0.3) is 0 Å². The van der Waals surface area contributed by atoms with Crippen LogP contribution in [0.1, 0.15) is 37.2 Å². The third kappa shape index (κ3) is 4.01. The number of alkyl halides is 3. The van der Waals surface area contributed by atoms with Gasteiger partial charge in [0.1, 0.15) is 5.75 Å². The van der Waals surface area contributed by atoms with Gasteiger partial charge in [-0.05, 0) is 55.4 Å². The van der Waals surface area contributed by atoms with Gasteiger partial charge in [-0.2, -0.15) is 0 Å². The molecular weight excluding hydrogens is 281 g/mol. The summed E-state index contributed by atoms with van der Waals surface area (Å²) < 4.78 is 41.1. The number of halogens is 4. The van der Waals surface area contributed by atoms with E-state index in [1.807, 2.05) is 0 Å². The van der Waals surface area contributed by atoms with Gasteiger partial charge in [-0.15, -0.1) is 13.2 Å². The molecule has 1 N–H and O–H groups in total. The van der Waals surface area contributed by atoms with Crippen molar-refractivity contribution in [3.63, 3.8) is 0 Å². The molecule has 19 heavy (non-hydrogen) atoms. The highest BCUT2D eigenvalue weighted by Crippen LogP contribution is 2.40. The first-order valence-corrected chi connectivity index (χ1v) is 6.46. The molecule has 0 bridgehead atoms. The third-order valence-electron chi connectivity index (χ3n) is 3.33. The number of rotatable bonds is 2. The van der Waals surface area contributed by atoms with Crippen molar-refractivity contribution < 1.29 is 23.0 Å².